The van der Waals surface area contributed by atoms with E-state index in [1.807, 2.05) is 7.05 Å². The lowest BCUT2D eigenvalue weighted by Crippen LogP contribution is -2.38. The standard InChI is InChI=1S/C8H14N4O2/c1-12-5-10-8(11-12)2-9-6-3-14-4-7(6)13/h5-7,9,13H,2-4H2,1H3. The molecule has 78 valence electrons. The van der Waals surface area contributed by atoms with Gasteiger partial charge >= 0.3 is 0 Å². The van der Waals surface area contributed by atoms with Gasteiger partial charge in [0.25, 0.3) is 0 Å². The molecule has 2 N–H and O–H groups in total. The molecule has 2 unspecified atom stereocenters. The zero-order valence-corrected chi connectivity index (χ0v) is 8.05. The fourth-order valence-corrected chi connectivity index (χ4v) is 1.43. The molecule has 14 heavy (non-hydrogen) atoms. The number of rotatable bonds is 3. The van der Waals surface area contributed by atoms with Gasteiger partial charge in [0.1, 0.15) is 6.33 Å². The van der Waals surface area contributed by atoms with Crippen LogP contribution >= 0.6 is 0 Å². The van der Waals surface area contributed by atoms with Crippen molar-refractivity contribution in [3.63, 3.8) is 0 Å². The average molecular weight is 198 g/mol. The van der Waals surface area contributed by atoms with Crippen molar-refractivity contribution in [2.24, 2.45) is 7.05 Å². The van der Waals surface area contributed by atoms with Crippen LogP contribution in [0, 0.1) is 0 Å². The van der Waals surface area contributed by atoms with Crippen molar-refractivity contribution in [2.75, 3.05) is 13.2 Å². The van der Waals surface area contributed by atoms with E-state index >= 15 is 0 Å². The molecular formula is C8H14N4O2. The third-order valence-corrected chi connectivity index (χ3v) is 2.22. The van der Waals surface area contributed by atoms with Crippen LogP contribution in [0.4, 0.5) is 0 Å². The maximum absolute atomic E-state index is 9.44. The molecule has 1 saturated heterocycles. The van der Waals surface area contributed by atoms with Crippen molar-refractivity contribution in [2.45, 2.75) is 18.7 Å². The summed E-state index contributed by atoms with van der Waals surface area (Å²) in [5.41, 5.74) is 0. The summed E-state index contributed by atoms with van der Waals surface area (Å²) >= 11 is 0. The number of hydrogen-bond donors (Lipinski definition) is 2. The van der Waals surface area contributed by atoms with Crippen molar-refractivity contribution >= 4 is 0 Å². The highest BCUT2D eigenvalue weighted by molar-refractivity contribution is 4.86. The molecule has 1 aliphatic heterocycles. The van der Waals surface area contributed by atoms with E-state index in [1.165, 1.54) is 0 Å². The summed E-state index contributed by atoms with van der Waals surface area (Å²) in [6.07, 6.45) is 1.23. The van der Waals surface area contributed by atoms with E-state index in [-0.39, 0.29) is 6.04 Å². The second kappa shape index (κ2) is 4.04. The molecule has 0 bridgehead atoms. The fourth-order valence-electron chi connectivity index (χ4n) is 1.43. The zero-order chi connectivity index (χ0) is 9.97. The smallest absolute Gasteiger partial charge is 0.164 e. The van der Waals surface area contributed by atoms with Crippen LogP contribution in [0.1, 0.15) is 5.82 Å². The third-order valence-electron chi connectivity index (χ3n) is 2.22. The minimum absolute atomic E-state index is 0.00111. The molecule has 6 nitrogen and oxygen atoms in total. The van der Waals surface area contributed by atoms with Crippen molar-refractivity contribution < 1.29 is 9.84 Å². The number of ether oxygens (including phenoxy) is 1. The predicted molar refractivity (Wildman–Crippen MR) is 48.5 cm³/mol. The van der Waals surface area contributed by atoms with Gasteiger partial charge in [-0.2, -0.15) is 5.10 Å². The van der Waals surface area contributed by atoms with Gasteiger partial charge in [-0.3, -0.25) is 4.68 Å². The van der Waals surface area contributed by atoms with E-state index in [0.717, 1.165) is 5.82 Å². The largest absolute Gasteiger partial charge is 0.389 e. The highest BCUT2D eigenvalue weighted by Crippen LogP contribution is 2.05. The average Bonchev–Trinajstić information content (AvgIpc) is 2.72. The van der Waals surface area contributed by atoms with E-state index in [9.17, 15) is 5.11 Å². The Balaban J connectivity index is 1.82. The van der Waals surface area contributed by atoms with Gasteiger partial charge in [-0.1, -0.05) is 0 Å². The molecule has 1 aliphatic rings. The molecule has 0 aliphatic carbocycles. The summed E-state index contributed by atoms with van der Waals surface area (Å²) in [7, 11) is 1.82. The molecule has 1 aromatic rings. The normalized spacial score (nSPS) is 27.0. The van der Waals surface area contributed by atoms with E-state index in [1.54, 1.807) is 11.0 Å². The molecule has 1 fully saturated rings. The lowest BCUT2D eigenvalue weighted by atomic mass is 10.2. The molecular weight excluding hydrogens is 184 g/mol. The molecule has 1 aromatic heterocycles. The summed E-state index contributed by atoms with van der Waals surface area (Å²) in [6.45, 7) is 1.52. The molecule has 2 heterocycles. The van der Waals surface area contributed by atoms with E-state index in [2.05, 4.69) is 15.4 Å². The van der Waals surface area contributed by atoms with Crippen LogP contribution in [0.5, 0.6) is 0 Å². The summed E-state index contributed by atoms with van der Waals surface area (Å²) in [5, 5.41) is 16.7. The molecule has 0 radical (unpaired) electrons. The molecule has 0 saturated carbocycles. The highest BCUT2D eigenvalue weighted by Gasteiger charge is 2.25. The molecule has 0 amide bonds. The van der Waals surface area contributed by atoms with Crippen molar-refractivity contribution in [3.05, 3.63) is 12.2 Å². The maximum Gasteiger partial charge on any atom is 0.164 e. The number of aryl methyl sites for hydroxylation is 1. The summed E-state index contributed by atoms with van der Waals surface area (Å²) < 4.78 is 6.76. The zero-order valence-electron chi connectivity index (χ0n) is 8.05. The minimum Gasteiger partial charge on any atom is -0.389 e. The first-order chi connectivity index (χ1) is 6.75. The Kier molecular flexibility index (Phi) is 2.76. The van der Waals surface area contributed by atoms with Gasteiger partial charge in [-0.25, -0.2) is 4.98 Å². The molecule has 2 atom stereocenters. The number of aliphatic hydroxyl groups is 1. The number of nitrogens with zero attached hydrogens (tertiary/aromatic N) is 3. The van der Waals surface area contributed by atoms with Crippen LogP contribution in [-0.4, -0.2) is 45.2 Å². The van der Waals surface area contributed by atoms with Gasteiger partial charge in [0.15, 0.2) is 5.82 Å². The number of hydrogen-bond acceptors (Lipinski definition) is 5. The van der Waals surface area contributed by atoms with Gasteiger partial charge in [0.2, 0.25) is 0 Å². The van der Waals surface area contributed by atoms with Gasteiger partial charge in [0, 0.05) is 7.05 Å². The van der Waals surface area contributed by atoms with E-state index in [4.69, 9.17) is 4.74 Å². The summed E-state index contributed by atoms with van der Waals surface area (Å²) in [4.78, 5) is 4.07. The lowest BCUT2D eigenvalue weighted by molar-refractivity contribution is 0.122. The summed E-state index contributed by atoms with van der Waals surface area (Å²) in [5.74, 6) is 0.728. The maximum atomic E-state index is 9.44. The van der Waals surface area contributed by atoms with E-state index in [0.29, 0.717) is 19.8 Å². The van der Waals surface area contributed by atoms with Gasteiger partial charge in [0.05, 0.1) is 31.9 Å². The molecule has 0 spiro atoms. The lowest BCUT2D eigenvalue weighted by Gasteiger charge is -2.12. The SMILES string of the molecule is Cn1cnc(CNC2COCC2O)n1. The van der Waals surface area contributed by atoms with E-state index < -0.39 is 6.10 Å². The van der Waals surface area contributed by atoms with Gasteiger partial charge < -0.3 is 15.2 Å². The Hall–Kier alpha value is -0.980. The minimum atomic E-state index is -0.418. The monoisotopic (exact) mass is 198 g/mol. The van der Waals surface area contributed by atoms with Crippen LogP contribution < -0.4 is 5.32 Å². The van der Waals surface area contributed by atoms with Crippen LogP contribution in [0.15, 0.2) is 6.33 Å². The van der Waals surface area contributed by atoms with Crippen LogP contribution in [0.25, 0.3) is 0 Å². The first-order valence-electron chi connectivity index (χ1n) is 4.59. The Morgan fingerprint density at radius 3 is 3.14 bits per heavy atom. The predicted octanol–water partition coefficient (Wildman–Crippen LogP) is -1.34. The molecule has 0 aromatic carbocycles. The Bertz CT molecular complexity index is 301. The second-order valence-electron chi connectivity index (χ2n) is 3.43. The Morgan fingerprint density at radius 2 is 2.57 bits per heavy atom. The van der Waals surface area contributed by atoms with Gasteiger partial charge in [-0.05, 0) is 0 Å². The number of aromatic nitrogens is 3. The Morgan fingerprint density at radius 1 is 1.71 bits per heavy atom. The first-order valence-corrected chi connectivity index (χ1v) is 4.59. The second-order valence-corrected chi connectivity index (χ2v) is 3.43. The third kappa shape index (κ3) is 2.09. The fraction of sp³-hybridized carbons (Fsp3) is 0.750. The van der Waals surface area contributed by atoms with Crippen LogP contribution in [0.2, 0.25) is 0 Å². The van der Waals surface area contributed by atoms with Crippen molar-refractivity contribution in [1.82, 2.24) is 20.1 Å². The quantitative estimate of drug-likeness (QED) is 0.629. The number of nitrogens with one attached hydrogen (secondary N) is 1. The van der Waals surface area contributed by atoms with Crippen molar-refractivity contribution in [3.8, 4) is 0 Å². The summed E-state index contributed by atoms with van der Waals surface area (Å²) in [6, 6.07) is -0.00111. The highest BCUT2D eigenvalue weighted by atomic mass is 16.5. The van der Waals surface area contributed by atoms with Crippen LogP contribution in [-0.2, 0) is 18.3 Å². The Labute approximate surface area is 81.9 Å². The van der Waals surface area contributed by atoms with Crippen LogP contribution in [0.3, 0.4) is 0 Å². The van der Waals surface area contributed by atoms with Gasteiger partial charge in [-0.15, -0.1) is 0 Å². The van der Waals surface area contributed by atoms with Crippen molar-refractivity contribution in [1.29, 1.82) is 0 Å². The topological polar surface area (TPSA) is 72.2 Å². The molecule has 2 rings (SSSR count). The first kappa shape index (κ1) is 9.57. The number of aliphatic hydroxyl groups excluding tert-OH is 1. The molecule has 6 heteroatoms.